The molecule has 1 aromatic heterocycles. The third kappa shape index (κ3) is 7.05. The Bertz CT molecular complexity index is 1290. The van der Waals surface area contributed by atoms with E-state index in [2.05, 4.69) is 15.5 Å². The Morgan fingerprint density at radius 3 is 2.54 bits per heavy atom. The molecule has 0 fully saturated rings. The summed E-state index contributed by atoms with van der Waals surface area (Å²) in [6, 6.07) is 21.0. The van der Waals surface area contributed by atoms with Crippen LogP contribution in [0.3, 0.4) is 0 Å². The monoisotopic (exact) mass is 530 g/mol. The highest BCUT2D eigenvalue weighted by Gasteiger charge is 2.18. The minimum atomic E-state index is -0.293. The summed E-state index contributed by atoms with van der Waals surface area (Å²) in [4.78, 5) is 12.3. The Kier molecular flexibility index (Phi) is 8.76. The second-order valence-electron chi connectivity index (χ2n) is 7.50. The van der Waals surface area contributed by atoms with E-state index in [1.807, 2.05) is 30.3 Å². The summed E-state index contributed by atoms with van der Waals surface area (Å²) in [6.45, 7) is 0.361. The summed E-state index contributed by atoms with van der Waals surface area (Å²) in [5, 5.41) is 12.9. The van der Waals surface area contributed by atoms with Crippen LogP contribution in [0.1, 0.15) is 17.0 Å². The molecule has 0 aliphatic carbocycles. The van der Waals surface area contributed by atoms with Crippen molar-refractivity contribution in [2.45, 2.75) is 24.1 Å². The van der Waals surface area contributed by atoms with E-state index >= 15 is 0 Å². The van der Waals surface area contributed by atoms with Gasteiger partial charge in [-0.2, -0.15) is 0 Å². The van der Waals surface area contributed by atoms with Crippen LogP contribution in [0.2, 0.25) is 10.0 Å². The molecule has 0 atom stereocenters. The zero-order valence-electron chi connectivity index (χ0n) is 18.5. The van der Waals surface area contributed by atoms with Gasteiger partial charge in [0.2, 0.25) is 5.91 Å². The predicted molar refractivity (Wildman–Crippen MR) is 135 cm³/mol. The topological polar surface area (TPSA) is 69.0 Å². The van der Waals surface area contributed by atoms with Crippen molar-refractivity contribution in [3.8, 4) is 5.69 Å². The number of rotatable bonds is 10. The molecule has 0 saturated heterocycles. The molecule has 0 saturated carbocycles. The molecule has 180 valence electrons. The van der Waals surface area contributed by atoms with Gasteiger partial charge in [0.05, 0.1) is 23.9 Å². The van der Waals surface area contributed by atoms with Crippen molar-refractivity contribution in [1.82, 2.24) is 20.1 Å². The molecule has 1 heterocycles. The Balaban J connectivity index is 1.46. The van der Waals surface area contributed by atoms with Crippen LogP contribution in [0.15, 0.2) is 78.0 Å². The normalized spacial score (nSPS) is 10.9. The lowest BCUT2D eigenvalue weighted by atomic mass is 10.2. The Morgan fingerprint density at radius 2 is 1.77 bits per heavy atom. The number of benzene rings is 3. The first-order chi connectivity index (χ1) is 17.0. The first-order valence-corrected chi connectivity index (χ1v) is 12.4. The van der Waals surface area contributed by atoms with Gasteiger partial charge in [-0.25, -0.2) is 4.39 Å². The SMILES string of the molecule is O=C(COCc1ccccc1)NCc1nnc(SCc2ccc(F)cc2)n1-c1cc(Cl)ccc1Cl. The summed E-state index contributed by atoms with van der Waals surface area (Å²) in [7, 11) is 0. The number of aromatic nitrogens is 3. The van der Waals surface area contributed by atoms with Crippen molar-refractivity contribution in [1.29, 1.82) is 0 Å². The van der Waals surface area contributed by atoms with E-state index < -0.39 is 0 Å². The lowest BCUT2D eigenvalue weighted by Gasteiger charge is -2.13. The van der Waals surface area contributed by atoms with Gasteiger partial charge in [0.25, 0.3) is 0 Å². The molecule has 6 nitrogen and oxygen atoms in total. The van der Waals surface area contributed by atoms with Gasteiger partial charge in [0.15, 0.2) is 11.0 Å². The van der Waals surface area contributed by atoms with Gasteiger partial charge in [-0.3, -0.25) is 9.36 Å². The lowest BCUT2D eigenvalue weighted by Crippen LogP contribution is -2.28. The highest BCUT2D eigenvalue weighted by Crippen LogP contribution is 2.31. The van der Waals surface area contributed by atoms with Crippen LogP contribution in [0.25, 0.3) is 5.69 Å². The van der Waals surface area contributed by atoms with Crippen LogP contribution >= 0.6 is 35.0 Å². The smallest absolute Gasteiger partial charge is 0.246 e. The van der Waals surface area contributed by atoms with E-state index in [1.54, 1.807) is 34.9 Å². The van der Waals surface area contributed by atoms with Crippen molar-refractivity contribution in [3.63, 3.8) is 0 Å². The molecule has 4 rings (SSSR count). The van der Waals surface area contributed by atoms with E-state index in [-0.39, 0.29) is 24.9 Å². The van der Waals surface area contributed by atoms with Gasteiger partial charge < -0.3 is 10.1 Å². The maximum Gasteiger partial charge on any atom is 0.246 e. The minimum Gasteiger partial charge on any atom is -0.367 e. The average Bonchev–Trinajstić information content (AvgIpc) is 3.27. The number of hydrogen-bond acceptors (Lipinski definition) is 5. The van der Waals surface area contributed by atoms with E-state index in [0.717, 1.165) is 11.1 Å². The second-order valence-corrected chi connectivity index (χ2v) is 9.29. The molecule has 4 aromatic rings. The standard InChI is InChI=1S/C25H21Cl2FN4O2S/c26-19-8-11-21(27)22(12-19)32-23(13-29-24(33)15-34-14-17-4-2-1-3-5-17)30-31-25(32)35-16-18-6-9-20(28)10-7-18/h1-12H,13-16H2,(H,29,33). The third-order valence-electron chi connectivity index (χ3n) is 4.92. The summed E-state index contributed by atoms with van der Waals surface area (Å²) in [5.41, 5.74) is 2.50. The van der Waals surface area contributed by atoms with Crippen molar-refractivity contribution in [2.24, 2.45) is 0 Å². The van der Waals surface area contributed by atoms with Gasteiger partial charge in [0.1, 0.15) is 12.4 Å². The zero-order valence-corrected chi connectivity index (χ0v) is 20.8. The van der Waals surface area contributed by atoms with E-state index in [4.69, 9.17) is 27.9 Å². The number of nitrogens with one attached hydrogen (secondary N) is 1. The predicted octanol–water partition coefficient (Wildman–Crippen LogP) is 5.84. The molecule has 1 N–H and O–H groups in total. The zero-order chi connectivity index (χ0) is 24.6. The number of carbonyl (C=O) groups excluding carboxylic acids is 1. The molecule has 1 amide bonds. The largest absolute Gasteiger partial charge is 0.367 e. The molecule has 0 bridgehead atoms. The van der Waals surface area contributed by atoms with Crippen LogP contribution in [-0.2, 0) is 28.4 Å². The van der Waals surface area contributed by atoms with Crippen molar-refractivity contribution < 1.29 is 13.9 Å². The molecule has 0 aliphatic heterocycles. The fraction of sp³-hybridized carbons (Fsp3) is 0.160. The second kappa shape index (κ2) is 12.2. The Morgan fingerprint density at radius 1 is 1.00 bits per heavy atom. The highest BCUT2D eigenvalue weighted by atomic mass is 35.5. The molecule has 0 spiro atoms. The maximum absolute atomic E-state index is 13.2. The third-order valence-corrected chi connectivity index (χ3v) is 6.47. The highest BCUT2D eigenvalue weighted by molar-refractivity contribution is 7.98. The first kappa shape index (κ1) is 25.2. The molecule has 0 unspecified atom stereocenters. The van der Waals surface area contributed by atoms with Gasteiger partial charge in [0, 0.05) is 10.8 Å². The summed E-state index contributed by atoms with van der Waals surface area (Å²) in [5.74, 6) is 0.440. The molecule has 0 radical (unpaired) electrons. The number of amides is 1. The number of nitrogens with zero attached hydrogens (tertiary/aromatic N) is 3. The number of thioether (sulfide) groups is 1. The Hall–Kier alpha value is -2.91. The van der Waals surface area contributed by atoms with E-state index in [1.165, 1.54) is 23.9 Å². The van der Waals surface area contributed by atoms with E-state index in [9.17, 15) is 9.18 Å². The van der Waals surface area contributed by atoms with Crippen LogP contribution in [0, 0.1) is 5.82 Å². The number of ether oxygens (including phenoxy) is 1. The Labute approximate surface area is 216 Å². The van der Waals surface area contributed by atoms with E-state index in [0.29, 0.717) is 39.1 Å². The summed E-state index contributed by atoms with van der Waals surface area (Å²) < 4.78 is 20.5. The fourth-order valence-corrected chi connectivity index (χ4v) is 4.49. The molecule has 0 aliphatic rings. The van der Waals surface area contributed by atoms with Crippen LogP contribution in [0.5, 0.6) is 0 Å². The number of hydrogen-bond donors (Lipinski definition) is 1. The van der Waals surface area contributed by atoms with Gasteiger partial charge in [-0.1, -0.05) is 77.4 Å². The molecule has 35 heavy (non-hydrogen) atoms. The van der Waals surface area contributed by atoms with Crippen LogP contribution < -0.4 is 5.32 Å². The maximum atomic E-state index is 13.2. The van der Waals surface area contributed by atoms with Crippen LogP contribution in [-0.4, -0.2) is 27.3 Å². The van der Waals surface area contributed by atoms with Gasteiger partial charge in [-0.15, -0.1) is 10.2 Å². The number of halogens is 3. The van der Waals surface area contributed by atoms with Crippen LogP contribution in [0.4, 0.5) is 4.39 Å². The fourth-order valence-electron chi connectivity index (χ4n) is 3.20. The van der Waals surface area contributed by atoms with Crippen molar-refractivity contribution >= 4 is 40.9 Å². The van der Waals surface area contributed by atoms with Gasteiger partial charge >= 0.3 is 0 Å². The van der Waals surface area contributed by atoms with Gasteiger partial charge in [-0.05, 0) is 41.5 Å². The molecular formula is C25H21Cl2FN4O2S. The minimum absolute atomic E-state index is 0.0902. The van der Waals surface area contributed by atoms with Crippen molar-refractivity contribution in [2.75, 3.05) is 6.61 Å². The average molecular weight is 531 g/mol. The molecule has 3 aromatic carbocycles. The summed E-state index contributed by atoms with van der Waals surface area (Å²) >= 11 is 14.1. The lowest BCUT2D eigenvalue weighted by molar-refractivity contribution is -0.126. The molecular weight excluding hydrogens is 510 g/mol. The quantitative estimate of drug-likeness (QED) is 0.261. The first-order valence-electron chi connectivity index (χ1n) is 10.6. The summed E-state index contributed by atoms with van der Waals surface area (Å²) in [6.07, 6.45) is 0. The van der Waals surface area contributed by atoms with Crippen molar-refractivity contribution in [3.05, 3.63) is 106 Å². The number of carbonyl (C=O) groups is 1. The molecule has 10 heteroatoms.